The molecule has 1 aromatic heterocycles. The maximum absolute atomic E-state index is 9.98. The molecule has 2 aromatic rings. The first-order chi connectivity index (χ1) is 9.61. The van der Waals surface area contributed by atoms with Crippen LogP contribution in [0, 0.1) is 0 Å². The van der Waals surface area contributed by atoms with Crippen molar-refractivity contribution in [1.82, 2.24) is 5.32 Å². The van der Waals surface area contributed by atoms with Crippen molar-refractivity contribution < 1.29 is 14.9 Å². The number of aliphatic hydroxyl groups excluding tert-OH is 1. The highest BCUT2D eigenvalue weighted by molar-refractivity contribution is 7.16. The van der Waals surface area contributed by atoms with Crippen molar-refractivity contribution in [3.8, 4) is 11.5 Å². The van der Waals surface area contributed by atoms with Gasteiger partial charge >= 0.3 is 0 Å². The number of methoxy groups -OCH3 is 1. The summed E-state index contributed by atoms with van der Waals surface area (Å²) in [6.07, 6.45) is -0.611. The molecule has 1 aromatic carbocycles. The Hall–Kier alpha value is -1.27. The van der Waals surface area contributed by atoms with Crippen molar-refractivity contribution in [2.24, 2.45) is 0 Å². The van der Waals surface area contributed by atoms with E-state index in [0.717, 1.165) is 10.4 Å². The molecular weight excluding hydrogens is 298 g/mol. The van der Waals surface area contributed by atoms with Gasteiger partial charge in [-0.2, -0.15) is 0 Å². The predicted octanol–water partition coefficient (Wildman–Crippen LogP) is 2.94. The molecule has 108 valence electrons. The molecule has 0 amide bonds. The molecule has 3 N–H and O–H groups in total. The van der Waals surface area contributed by atoms with Crippen molar-refractivity contribution in [2.45, 2.75) is 12.6 Å². The number of hydrogen-bond acceptors (Lipinski definition) is 5. The number of rotatable bonds is 6. The molecule has 0 aliphatic carbocycles. The lowest BCUT2D eigenvalue weighted by Gasteiger charge is -2.12. The van der Waals surface area contributed by atoms with Gasteiger partial charge in [0.1, 0.15) is 6.10 Å². The average Bonchev–Trinajstić information content (AvgIpc) is 2.87. The van der Waals surface area contributed by atoms with E-state index in [2.05, 4.69) is 5.32 Å². The lowest BCUT2D eigenvalue weighted by Crippen LogP contribution is -2.20. The molecule has 0 aliphatic rings. The molecule has 2 rings (SSSR count). The molecule has 1 unspecified atom stereocenters. The number of phenolic OH excluding ortho intramolecular Hbond substituents is 1. The van der Waals surface area contributed by atoms with Gasteiger partial charge in [-0.1, -0.05) is 23.7 Å². The summed E-state index contributed by atoms with van der Waals surface area (Å²) < 4.78 is 5.70. The third-order valence-electron chi connectivity index (χ3n) is 2.88. The second-order valence-corrected chi connectivity index (χ2v) is 6.00. The minimum atomic E-state index is -0.611. The van der Waals surface area contributed by atoms with Crippen molar-refractivity contribution >= 4 is 22.9 Å². The van der Waals surface area contributed by atoms with Gasteiger partial charge in [-0.3, -0.25) is 0 Å². The largest absolute Gasteiger partial charge is 0.504 e. The number of benzene rings is 1. The second kappa shape index (κ2) is 6.95. The number of para-hydroxylation sites is 1. The Bertz CT molecular complexity index is 573. The van der Waals surface area contributed by atoms with Crippen LogP contribution in [0.5, 0.6) is 11.5 Å². The molecule has 0 fully saturated rings. The highest BCUT2D eigenvalue weighted by Crippen LogP contribution is 2.29. The monoisotopic (exact) mass is 313 g/mol. The van der Waals surface area contributed by atoms with Crippen LogP contribution in [0.1, 0.15) is 16.5 Å². The Labute approximate surface area is 126 Å². The van der Waals surface area contributed by atoms with Gasteiger partial charge in [0.2, 0.25) is 0 Å². The summed E-state index contributed by atoms with van der Waals surface area (Å²) in [5.41, 5.74) is 0.723. The number of ether oxygens (including phenoxy) is 1. The van der Waals surface area contributed by atoms with Crippen molar-refractivity contribution in [2.75, 3.05) is 13.7 Å². The van der Waals surface area contributed by atoms with Crippen molar-refractivity contribution in [3.63, 3.8) is 0 Å². The van der Waals surface area contributed by atoms with Crippen LogP contribution in [0.4, 0.5) is 0 Å². The highest BCUT2D eigenvalue weighted by Gasteiger charge is 2.11. The van der Waals surface area contributed by atoms with Gasteiger partial charge in [-0.25, -0.2) is 0 Å². The number of aliphatic hydroxyl groups is 1. The maximum atomic E-state index is 9.98. The summed E-state index contributed by atoms with van der Waals surface area (Å²) in [4.78, 5) is 0.817. The van der Waals surface area contributed by atoms with E-state index in [-0.39, 0.29) is 5.75 Å². The fourth-order valence-corrected chi connectivity index (χ4v) is 2.87. The van der Waals surface area contributed by atoms with Crippen LogP contribution < -0.4 is 10.1 Å². The van der Waals surface area contributed by atoms with E-state index in [4.69, 9.17) is 16.3 Å². The number of nitrogens with one attached hydrogen (secondary N) is 1. The molecule has 0 spiro atoms. The van der Waals surface area contributed by atoms with Crippen LogP contribution in [0.15, 0.2) is 30.3 Å². The molecule has 6 heteroatoms. The Morgan fingerprint density at radius 3 is 2.80 bits per heavy atom. The van der Waals surface area contributed by atoms with Crippen molar-refractivity contribution in [1.29, 1.82) is 0 Å². The zero-order valence-electron chi connectivity index (χ0n) is 11.0. The molecule has 1 atom stereocenters. The lowest BCUT2D eigenvalue weighted by molar-refractivity contribution is 0.178. The van der Waals surface area contributed by atoms with Crippen LogP contribution in [-0.2, 0) is 6.54 Å². The van der Waals surface area contributed by atoms with Crippen molar-refractivity contribution in [3.05, 3.63) is 45.1 Å². The average molecular weight is 314 g/mol. The molecule has 0 bridgehead atoms. The van der Waals surface area contributed by atoms with Crippen LogP contribution in [0.2, 0.25) is 4.34 Å². The van der Waals surface area contributed by atoms with Gasteiger partial charge in [-0.05, 0) is 18.2 Å². The zero-order valence-corrected chi connectivity index (χ0v) is 12.5. The number of halogens is 1. The first kappa shape index (κ1) is 15.1. The predicted molar refractivity (Wildman–Crippen MR) is 80.7 cm³/mol. The summed E-state index contributed by atoms with van der Waals surface area (Å²) in [7, 11) is 1.51. The van der Waals surface area contributed by atoms with Gasteiger partial charge in [-0.15, -0.1) is 11.3 Å². The molecule has 0 saturated carbocycles. The Morgan fingerprint density at radius 2 is 2.15 bits per heavy atom. The summed E-state index contributed by atoms with van der Waals surface area (Å²) in [5.74, 6) is 0.561. The maximum Gasteiger partial charge on any atom is 0.162 e. The highest BCUT2D eigenvalue weighted by atomic mass is 35.5. The van der Waals surface area contributed by atoms with Crippen LogP contribution in [0.25, 0.3) is 0 Å². The lowest BCUT2D eigenvalue weighted by atomic mass is 10.2. The summed E-state index contributed by atoms with van der Waals surface area (Å²) in [6, 6.07) is 8.88. The van der Waals surface area contributed by atoms with Crippen LogP contribution in [0.3, 0.4) is 0 Å². The Morgan fingerprint density at radius 1 is 1.35 bits per heavy atom. The molecule has 20 heavy (non-hydrogen) atoms. The van der Waals surface area contributed by atoms with Crippen LogP contribution in [-0.4, -0.2) is 23.9 Å². The van der Waals surface area contributed by atoms with E-state index >= 15 is 0 Å². The standard InChI is InChI=1S/C14H16ClNO3S/c1-19-11-4-2-3-9(14(11)18)7-16-8-10(17)12-5-6-13(15)20-12/h2-6,10,16-18H,7-8H2,1H3. The Balaban J connectivity index is 1.90. The molecule has 0 aliphatic heterocycles. The second-order valence-electron chi connectivity index (χ2n) is 4.26. The first-order valence-electron chi connectivity index (χ1n) is 6.10. The summed E-state index contributed by atoms with van der Waals surface area (Å²) in [6.45, 7) is 0.826. The smallest absolute Gasteiger partial charge is 0.162 e. The normalized spacial score (nSPS) is 12.3. The van der Waals surface area contributed by atoms with Crippen LogP contribution >= 0.6 is 22.9 Å². The molecular formula is C14H16ClNO3S. The molecule has 4 nitrogen and oxygen atoms in total. The molecule has 1 heterocycles. The molecule has 0 saturated heterocycles. The topological polar surface area (TPSA) is 61.7 Å². The van der Waals surface area contributed by atoms with E-state index in [1.54, 1.807) is 18.2 Å². The number of phenols is 1. The summed E-state index contributed by atoms with van der Waals surface area (Å²) >= 11 is 7.19. The van der Waals surface area contributed by atoms with Gasteiger partial charge in [0, 0.05) is 23.5 Å². The van der Waals surface area contributed by atoms with Gasteiger partial charge in [0.25, 0.3) is 0 Å². The number of aromatic hydroxyl groups is 1. The summed E-state index contributed by atoms with van der Waals surface area (Å²) in [5, 5.41) is 23.0. The number of hydrogen-bond donors (Lipinski definition) is 3. The van der Waals surface area contributed by atoms with Gasteiger partial charge < -0.3 is 20.3 Å². The molecule has 0 radical (unpaired) electrons. The number of thiophene rings is 1. The zero-order chi connectivity index (χ0) is 14.5. The minimum absolute atomic E-state index is 0.121. The SMILES string of the molecule is COc1cccc(CNCC(O)c2ccc(Cl)s2)c1O. The van der Waals surface area contributed by atoms with E-state index in [1.165, 1.54) is 18.4 Å². The quantitative estimate of drug-likeness (QED) is 0.767. The van der Waals surface area contributed by atoms with E-state index in [9.17, 15) is 10.2 Å². The first-order valence-corrected chi connectivity index (χ1v) is 7.30. The third-order valence-corrected chi connectivity index (χ3v) is 4.21. The minimum Gasteiger partial charge on any atom is -0.504 e. The van der Waals surface area contributed by atoms with Gasteiger partial charge in [0.05, 0.1) is 11.4 Å². The third kappa shape index (κ3) is 3.64. The van der Waals surface area contributed by atoms with E-state index in [0.29, 0.717) is 23.2 Å². The van der Waals surface area contributed by atoms with E-state index < -0.39 is 6.10 Å². The fourth-order valence-electron chi connectivity index (χ4n) is 1.83. The van der Waals surface area contributed by atoms with E-state index in [1.807, 2.05) is 12.1 Å². The fraction of sp³-hybridized carbons (Fsp3) is 0.286. The van der Waals surface area contributed by atoms with Gasteiger partial charge in [0.15, 0.2) is 11.5 Å². The Kier molecular flexibility index (Phi) is 5.25.